The number of piperazine rings is 1. The molecule has 1 aliphatic heterocycles. The second-order valence-corrected chi connectivity index (χ2v) is 4.02. The van der Waals surface area contributed by atoms with Gasteiger partial charge in [0.05, 0.1) is 5.69 Å². The normalized spacial score (nSPS) is 24.0. The molecule has 1 fully saturated rings. The molecule has 0 bridgehead atoms. The standard InChI is InChI=1S/C10H17N3O/c1-8-5-13(4-3-11-8)6-10-7-14-12-9(10)2/h7-8,11H,3-6H2,1-2H3. The Kier molecular flexibility index (Phi) is 2.84. The predicted molar refractivity (Wildman–Crippen MR) is 54.0 cm³/mol. The van der Waals surface area contributed by atoms with Gasteiger partial charge in [-0.1, -0.05) is 5.16 Å². The third kappa shape index (κ3) is 2.13. The summed E-state index contributed by atoms with van der Waals surface area (Å²) in [7, 11) is 0. The van der Waals surface area contributed by atoms with E-state index in [4.69, 9.17) is 4.52 Å². The number of rotatable bonds is 2. The maximum atomic E-state index is 4.92. The van der Waals surface area contributed by atoms with Gasteiger partial charge in [0.25, 0.3) is 0 Å². The Morgan fingerprint density at radius 3 is 3.21 bits per heavy atom. The van der Waals surface area contributed by atoms with Crippen molar-refractivity contribution in [2.45, 2.75) is 26.4 Å². The molecule has 1 atom stereocenters. The van der Waals surface area contributed by atoms with Gasteiger partial charge in [0, 0.05) is 37.8 Å². The van der Waals surface area contributed by atoms with E-state index in [1.165, 1.54) is 5.56 Å². The van der Waals surface area contributed by atoms with Crippen molar-refractivity contribution in [1.29, 1.82) is 0 Å². The molecule has 0 amide bonds. The smallest absolute Gasteiger partial charge is 0.128 e. The molecule has 4 nitrogen and oxygen atoms in total. The van der Waals surface area contributed by atoms with Crippen LogP contribution in [0.15, 0.2) is 10.8 Å². The van der Waals surface area contributed by atoms with Crippen LogP contribution in [0.5, 0.6) is 0 Å². The molecule has 4 heteroatoms. The van der Waals surface area contributed by atoms with Crippen molar-refractivity contribution in [3.8, 4) is 0 Å². The van der Waals surface area contributed by atoms with Crippen molar-refractivity contribution in [2.75, 3.05) is 19.6 Å². The first-order valence-corrected chi connectivity index (χ1v) is 5.11. The third-order valence-corrected chi connectivity index (χ3v) is 2.70. The highest BCUT2D eigenvalue weighted by molar-refractivity contribution is 5.12. The molecule has 1 saturated heterocycles. The van der Waals surface area contributed by atoms with Gasteiger partial charge < -0.3 is 9.84 Å². The van der Waals surface area contributed by atoms with E-state index in [9.17, 15) is 0 Å². The van der Waals surface area contributed by atoms with E-state index in [1.54, 1.807) is 6.26 Å². The quantitative estimate of drug-likeness (QED) is 0.757. The van der Waals surface area contributed by atoms with Crippen LogP contribution in [0, 0.1) is 6.92 Å². The number of nitrogens with zero attached hydrogens (tertiary/aromatic N) is 2. The molecular formula is C10H17N3O. The van der Waals surface area contributed by atoms with Crippen molar-refractivity contribution in [2.24, 2.45) is 0 Å². The molecule has 0 aliphatic carbocycles. The predicted octanol–water partition coefficient (Wildman–Crippen LogP) is 0.777. The first kappa shape index (κ1) is 9.68. The van der Waals surface area contributed by atoms with E-state index in [2.05, 4.69) is 22.3 Å². The van der Waals surface area contributed by atoms with Gasteiger partial charge in [0.15, 0.2) is 0 Å². The molecule has 0 spiro atoms. The van der Waals surface area contributed by atoms with Gasteiger partial charge in [-0.2, -0.15) is 0 Å². The van der Waals surface area contributed by atoms with Gasteiger partial charge in [-0.15, -0.1) is 0 Å². The summed E-state index contributed by atoms with van der Waals surface area (Å²) >= 11 is 0. The summed E-state index contributed by atoms with van der Waals surface area (Å²) in [6, 6.07) is 0.587. The molecule has 0 radical (unpaired) electrons. The van der Waals surface area contributed by atoms with Crippen molar-refractivity contribution in [3.63, 3.8) is 0 Å². The van der Waals surface area contributed by atoms with Gasteiger partial charge in [-0.25, -0.2) is 0 Å². The Balaban J connectivity index is 1.94. The van der Waals surface area contributed by atoms with Crippen LogP contribution in [0.4, 0.5) is 0 Å². The largest absolute Gasteiger partial charge is 0.364 e. The van der Waals surface area contributed by atoms with Crippen LogP contribution < -0.4 is 5.32 Å². The van der Waals surface area contributed by atoms with Gasteiger partial charge >= 0.3 is 0 Å². The Morgan fingerprint density at radius 1 is 1.71 bits per heavy atom. The van der Waals surface area contributed by atoms with Crippen LogP contribution >= 0.6 is 0 Å². The molecule has 1 aliphatic rings. The molecule has 0 aromatic carbocycles. The van der Waals surface area contributed by atoms with E-state index in [-0.39, 0.29) is 0 Å². The molecule has 2 rings (SSSR count). The summed E-state index contributed by atoms with van der Waals surface area (Å²) in [6.07, 6.45) is 1.75. The number of aromatic nitrogens is 1. The van der Waals surface area contributed by atoms with Crippen molar-refractivity contribution in [3.05, 3.63) is 17.5 Å². The third-order valence-electron chi connectivity index (χ3n) is 2.70. The van der Waals surface area contributed by atoms with Crippen LogP contribution in [-0.4, -0.2) is 35.7 Å². The molecule has 14 heavy (non-hydrogen) atoms. The summed E-state index contributed by atoms with van der Waals surface area (Å²) < 4.78 is 4.92. The highest BCUT2D eigenvalue weighted by Crippen LogP contribution is 2.10. The SMILES string of the molecule is Cc1nocc1CN1CCNC(C)C1. The van der Waals surface area contributed by atoms with E-state index in [0.29, 0.717) is 6.04 Å². The fraction of sp³-hybridized carbons (Fsp3) is 0.700. The van der Waals surface area contributed by atoms with Gasteiger partial charge in [-0.05, 0) is 13.8 Å². The average Bonchev–Trinajstić information content (AvgIpc) is 2.52. The van der Waals surface area contributed by atoms with Crippen LogP contribution in [-0.2, 0) is 6.54 Å². The topological polar surface area (TPSA) is 41.3 Å². The van der Waals surface area contributed by atoms with Crippen LogP contribution in [0.1, 0.15) is 18.2 Å². The lowest BCUT2D eigenvalue weighted by Gasteiger charge is -2.31. The monoisotopic (exact) mass is 195 g/mol. The fourth-order valence-corrected chi connectivity index (χ4v) is 1.86. The minimum absolute atomic E-state index is 0.587. The average molecular weight is 195 g/mol. The maximum Gasteiger partial charge on any atom is 0.128 e. The summed E-state index contributed by atoms with van der Waals surface area (Å²) in [5.41, 5.74) is 2.22. The molecule has 78 valence electrons. The van der Waals surface area contributed by atoms with E-state index in [0.717, 1.165) is 31.9 Å². The number of nitrogens with one attached hydrogen (secondary N) is 1. The number of aryl methyl sites for hydroxylation is 1. The second kappa shape index (κ2) is 4.11. The molecular weight excluding hydrogens is 178 g/mol. The molecule has 1 aromatic heterocycles. The first-order chi connectivity index (χ1) is 6.75. The van der Waals surface area contributed by atoms with E-state index < -0.39 is 0 Å². The Morgan fingerprint density at radius 2 is 2.57 bits per heavy atom. The number of hydrogen-bond donors (Lipinski definition) is 1. The van der Waals surface area contributed by atoms with Crippen LogP contribution in [0.25, 0.3) is 0 Å². The number of hydrogen-bond acceptors (Lipinski definition) is 4. The Bertz CT molecular complexity index is 297. The Hall–Kier alpha value is -0.870. The summed E-state index contributed by atoms with van der Waals surface area (Å²) in [6.45, 7) is 8.45. The maximum absolute atomic E-state index is 4.92. The van der Waals surface area contributed by atoms with E-state index in [1.807, 2.05) is 6.92 Å². The lowest BCUT2D eigenvalue weighted by Crippen LogP contribution is -2.48. The summed E-state index contributed by atoms with van der Waals surface area (Å²) in [5.74, 6) is 0. The molecule has 2 heterocycles. The van der Waals surface area contributed by atoms with Crippen molar-refractivity contribution >= 4 is 0 Å². The van der Waals surface area contributed by atoms with Gasteiger partial charge in [0.1, 0.15) is 6.26 Å². The van der Waals surface area contributed by atoms with Gasteiger partial charge in [0.2, 0.25) is 0 Å². The zero-order valence-electron chi connectivity index (χ0n) is 8.79. The first-order valence-electron chi connectivity index (χ1n) is 5.11. The van der Waals surface area contributed by atoms with Crippen molar-refractivity contribution in [1.82, 2.24) is 15.4 Å². The lowest BCUT2D eigenvalue weighted by atomic mass is 10.2. The molecule has 1 unspecified atom stereocenters. The van der Waals surface area contributed by atoms with E-state index >= 15 is 0 Å². The minimum atomic E-state index is 0.587. The highest BCUT2D eigenvalue weighted by atomic mass is 16.5. The van der Waals surface area contributed by atoms with Crippen LogP contribution in [0.3, 0.4) is 0 Å². The Labute approximate surface area is 84.3 Å². The molecule has 1 N–H and O–H groups in total. The van der Waals surface area contributed by atoms with Crippen LogP contribution in [0.2, 0.25) is 0 Å². The molecule has 0 saturated carbocycles. The molecule has 1 aromatic rings. The van der Waals surface area contributed by atoms with Crippen molar-refractivity contribution < 1.29 is 4.52 Å². The zero-order valence-corrected chi connectivity index (χ0v) is 8.79. The lowest BCUT2D eigenvalue weighted by molar-refractivity contribution is 0.199. The summed E-state index contributed by atoms with van der Waals surface area (Å²) in [5, 5.41) is 7.31. The van der Waals surface area contributed by atoms with Gasteiger partial charge in [-0.3, -0.25) is 4.90 Å². The minimum Gasteiger partial charge on any atom is -0.364 e. The summed E-state index contributed by atoms with van der Waals surface area (Å²) in [4.78, 5) is 2.43. The zero-order chi connectivity index (χ0) is 9.97. The highest BCUT2D eigenvalue weighted by Gasteiger charge is 2.16. The second-order valence-electron chi connectivity index (χ2n) is 4.02. The fourth-order valence-electron chi connectivity index (χ4n) is 1.86.